The number of nitrogens with one attached hydrogen (secondary N) is 1. The van der Waals surface area contributed by atoms with Crippen LogP contribution in [0.3, 0.4) is 0 Å². The van der Waals surface area contributed by atoms with Gasteiger partial charge in [-0.25, -0.2) is 4.39 Å². The Morgan fingerprint density at radius 1 is 1.19 bits per heavy atom. The number of aliphatic hydroxyl groups is 1. The predicted molar refractivity (Wildman–Crippen MR) is 93.5 cm³/mol. The van der Waals surface area contributed by atoms with Gasteiger partial charge < -0.3 is 19.9 Å². The second kappa shape index (κ2) is 6.88. The van der Waals surface area contributed by atoms with Gasteiger partial charge in [0.2, 0.25) is 0 Å². The quantitative estimate of drug-likeness (QED) is 0.819. The zero-order chi connectivity index (χ0) is 19.1. The van der Waals surface area contributed by atoms with Crippen LogP contribution in [0.4, 0.5) is 4.39 Å². The molecule has 4 rings (SSSR count). The Balaban J connectivity index is 1.61. The van der Waals surface area contributed by atoms with Gasteiger partial charge in [0.1, 0.15) is 29.7 Å². The van der Waals surface area contributed by atoms with Crippen molar-refractivity contribution < 1.29 is 23.8 Å². The van der Waals surface area contributed by atoms with Gasteiger partial charge in [-0.2, -0.15) is 0 Å². The number of pyridine rings is 1. The number of benzene rings is 1. The molecule has 0 saturated carbocycles. The van der Waals surface area contributed by atoms with Crippen molar-refractivity contribution in [1.29, 1.82) is 0 Å². The molecule has 0 unspecified atom stereocenters. The van der Waals surface area contributed by atoms with Crippen molar-refractivity contribution in [3.05, 3.63) is 63.8 Å². The van der Waals surface area contributed by atoms with Gasteiger partial charge in [-0.15, -0.1) is 0 Å². The molecular weight excluding hydrogens is 355 g/mol. The molecule has 142 valence electrons. The molecule has 1 aromatic heterocycles. The van der Waals surface area contributed by atoms with Crippen LogP contribution in [0, 0.1) is 12.7 Å². The van der Waals surface area contributed by atoms with Crippen LogP contribution in [0.2, 0.25) is 0 Å². The molecule has 0 radical (unpaired) electrons. The number of fused-ring (bicyclic) bond motifs is 1. The number of rotatable bonds is 3. The largest absolute Gasteiger partial charge is 0.388 e. The zero-order valence-corrected chi connectivity index (χ0v) is 14.6. The first kappa shape index (κ1) is 17.8. The molecule has 2 aliphatic rings. The lowest BCUT2D eigenvalue weighted by atomic mass is 10.1. The minimum Gasteiger partial charge on any atom is -0.388 e. The molecule has 0 aliphatic carbocycles. The van der Waals surface area contributed by atoms with E-state index in [4.69, 9.17) is 9.47 Å². The van der Waals surface area contributed by atoms with Crippen molar-refractivity contribution >= 4 is 5.91 Å². The lowest BCUT2D eigenvalue weighted by Crippen LogP contribution is -2.46. The molecule has 2 aliphatic heterocycles. The van der Waals surface area contributed by atoms with Gasteiger partial charge in [0.15, 0.2) is 0 Å². The first-order valence-electron chi connectivity index (χ1n) is 8.66. The second-order valence-corrected chi connectivity index (χ2v) is 6.77. The Labute approximate surface area is 154 Å². The van der Waals surface area contributed by atoms with Crippen LogP contribution < -0.4 is 10.9 Å². The van der Waals surface area contributed by atoms with E-state index in [0.29, 0.717) is 11.3 Å². The number of hydrogen-bond acceptors (Lipinski definition) is 5. The number of carbonyl (C=O) groups is 1. The number of aliphatic hydroxyl groups excluding tert-OH is 1. The van der Waals surface area contributed by atoms with Crippen molar-refractivity contribution in [2.45, 2.75) is 31.3 Å². The molecule has 3 heterocycles. The fourth-order valence-corrected chi connectivity index (χ4v) is 3.55. The molecular formula is C19H19FN2O5. The van der Waals surface area contributed by atoms with Crippen LogP contribution >= 0.6 is 0 Å². The minimum absolute atomic E-state index is 0.00354. The van der Waals surface area contributed by atoms with E-state index in [-0.39, 0.29) is 18.8 Å². The summed E-state index contributed by atoms with van der Waals surface area (Å²) in [5, 5.41) is 12.6. The molecule has 27 heavy (non-hydrogen) atoms. The number of hydrogen-bond donors (Lipinski definition) is 2. The van der Waals surface area contributed by atoms with E-state index < -0.39 is 41.6 Å². The summed E-state index contributed by atoms with van der Waals surface area (Å²) in [6.45, 7) is 2.04. The van der Waals surface area contributed by atoms with Crippen LogP contribution in [0.25, 0.3) is 5.69 Å². The van der Waals surface area contributed by atoms with Crippen molar-refractivity contribution in [3.8, 4) is 5.69 Å². The summed E-state index contributed by atoms with van der Waals surface area (Å²) in [5.41, 5.74) is 0.492. The monoisotopic (exact) mass is 374 g/mol. The van der Waals surface area contributed by atoms with Crippen LogP contribution in [0.5, 0.6) is 0 Å². The van der Waals surface area contributed by atoms with E-state index in [2.05, 4.69) is 5.32 Å². The molecule has 4 atom stereocenters. The molecule has 2 N–H and O–H groups in total. The van der Waals surface area contributed by atoms with E-state index in [1.54, 1.807) is 19.2 Å². The molecule has 8 heteroatoms. The number of aryl methyl sites for hydroxylation is 1. The van der Waals surface area contributed by atoms with E-state index in [1.807, 2.05) is 0 Å². The molecule has 2 aromatic rings. The van der Waals surface area contributed by atoms with Gasteiger partial charge in [0.05, 0.1) is 19.3 Å². The molecule has 0 spiro atoms. The molecule has 2 saturated heterocycles. The van der Waals surface area contributed by atoms with Gasteiger partial charge >= 0.3 is 0 Å². The Morgan fingerprint density at radius 3 is 2.63 bits per heavy atom. The highest BCUT2D eigenvalue weighted by Crippen LogP contribution is 2.27. The summed E-state index contributed by atoms with van der Waals surface area (Å²) in [7, 11) is 0. The van der Waals surface area contributed by atoms with Gasteiger partial charge in [-0.3, -0.25) is 14.2 Å². The maximum Gasteiger partial charge on any atom is 0.268 e. The Bertz CT molecular complexity index is 927. The molecule has 1 amide bonds. The van der Waals surface area contributed by atoms with Crippen LogP contribution in [-0.4, -0.2) is 53.1 Å². The van der Waals surface area contributed by atoms with Gasteiger partial charge in [-0.05, 0) is 42.8 Å². The maximum atomic E-state index is 13.1. The van der Waals surface area contributed by atoms with Crippen molar-refractivity contribution in [1.82, 2.24) is 9.88 Å². The smallest absolute Gasteiger partial charge is 0.268 e. The molecule has 2 fully saturated rings. The van der Waals surface area contributed by atoms with E-state index >= 15 is 0 Å². The predicted octanol–water partition coefficient (Wildman–Crippen LogP) is 0.542. The summed E-state index contributed by atoms with van der Waals surface area (Å²) in [5.74, 6) is -0.945. The van der Waals surface area contributed by atoms with Crippen molar-refractivity contribution in [2.75, 3.05) is 13.2 Å². The summed E-state index contributed by atoms with van der Waals surface area (Å²) < 4.78 is 25.4. The van der Waals surface area contributed by atoms with Gasteiger partial charge in [0.25, 0.3) is 11.5 Å². The molecule has 7 nitrogen and oxygen atoms in total. The number of carbonyl (C=O) groups excluding carboxylic acids is 1. The summed E-state index contributed by atoms with van der Waals surface area (Å²) in [4.78, 5) is 25.7. The number of halogens is 1. The summed E-state index contributed by atoms with van der Waals surface area (Å²) in [6.07, 6.45) is -0.0753. The normalized spacial score (nSPS) is 26.8. The second-order valence-electron chi connectivity index (χ2n) is 6.77. The first-order chi connectivity index (χ1) is 13.0. The Hall–Kier alpha value is -2.55. The third-order valence-electron chi connectivity index (χ3n) is 4.98. The third-order valence-corrected chi connectivity index (χ3v) is 4.98. The van der Waals surface area contributed by atoms with Crippen LogP contribution in [0.15, 0.2) is 41.3 Å². The maximum absolute atomic E-state index is 13.1. The molecule has 1 aromatic carbocycles. The lowest BCUT2D eigenvalue weighted by molar-refractivity contribution is 0.0178. The highest BCUT2D eigenvalue weighted by molar-refractivity contribution is 5.95. The van der Waals surface area contributed by atoms with E-state index in [1.165, 1.54) is 28.8 Å². The lowest BCUT2D eigenvalue weighted by Gasteiger charge is -2.18. The molecule has 0 bridgehead atoms. The standard InChI is InChI=1S/C19H19FN2O5/c1-10-6-7-22(12-4-2-11(20)3-5-12)19(25)15(10)18(24)21-13-8-26-17-14(23)9-27-16(13)17/h2-7,13-14,16-17,23H,8-9H2,1H3,(H,21,24)/t13-,14+,16+,17+/m0/s1. The topological polar surface area (TPSA) is 89.8 Å². The fourth-order valence-electron chi connectivity index (χ4n) is 3.55. The number of aromatic nitrogens is 1. The number of nitrogens with zero attached hydrogens (tertiary/aromatic N) is 1. The average Bonchev–Trinajstić information content (AvgIpc) is 3.20. The number of ether oxygens (including phenoxy) is 2. The van der Waals surface area contributed by atoms with E-state index in [0.717, 1.165) is 0 Å². The summed E-state index contributed by atoms with van der Waals surface area (Å²) >= 11 is 0. The minimum atomic E-state index is -0.717. The average molecular weight is 374 g/mol. The Morgan fingerprint density at radius 2 is 1.89 bits per heavy atom. The summed E-state index contributed by atoms with van der Waals surface area (Å²) in [6, 6.07) is 6.65. The highest BCUT2D eigenvalue weighted by Gasteiger charge is 2.47. The van der Waals surface area contributed by atoms with Gasteiger partial charge in [-0.1, -0.05) is 0 Å². The third kappa shape index (κ3) is 3.16. The van der Waals surface area contributed by atoms with Crippen LogP contribution in [-0.2, 0) is 9.47 Å². The Kier molecular flexibility index (Phi) is 4.55. The van der Waals surface area contributed by atoms with Gasteiger partial charge in [0, 0.05) is 11.9 Å². The zero-order valence-electron chi connectivity index (χ0n) is 14.6. The van der Waals surface area contributed by atoms with Crippen LogP contribution in [0.1, 0.15) is 15.9 Å². The highest BCUT2D eigenvalue weighted by atomic mass is 19.1. The van der Waals surface area contributed by atoms with Crippen molar-refractivity contribution in [3.63, 3.8) is 0 Å². The fraction of sp³-hybridized carbons (Fsp3) is 0.368. The van der Waals surface area contributed by atoms with E-state index in [9.17, 15) is 19.1 Å². The number of amides is 1. The van der Waals surface area contributed by atoms with Crippen molar-refractivity contribution in [2.24, 2.45) is 0 Å². The first-order valence-corrected chi connectivity index (χ1v) is 8.66. The SMILES string of the molecule is Cc1ccn(-c2ccc(F)cc2)c(=O)c1C(=O)N[C@H]1CO[C@H]2[C@@H]1OC[C@H]2O.